The number of hydrogen-bond acceptors (Lipinski definition) is 11. The van der Waals surface area contributed by atoms with E-state index >= 15 is 8.78 Å². The number of halogens is 4. The van der Waals surface area contributed by atoms with E-state index in [0.717, 1.165) is 43.6 Å². The van der Waals surface area contributed by atoms with Crippen LogP contribution < -0.4 is 15.4 Å². The van der Waals surface area contributed by atoms with E-state index in [1.54, 1.807) is 6.07 Å². The summed E-state index contributed by atoms with van der Waals surface area (Å²) in [4.78, 5) is 33.0. The van der Waals surface area contributed by atoms with E-state index in [9.17, 15) is 14.4 Å². The molecule has 4 saturated heterocycles. The Hall–Kier alpha value is -4.72. The predicted octanol–water partition coefficient (Wildman–Crippen LogP) is 7.04. The highest BCUT2D eigenvalue weighted by molar-refractivity contribution is 7.23. The van der Waals surface area contributed by atoms with Gasteiger partial charge in [0.05, 0.1) is 20.8 Å². The van der Waals surface area contributed by atoms with Crippen molar-refractivity contribution >= 4 is 60.8 Å². The second-order valence-corrected chi connectivity index (χ2v) is 17.2. The molecule has 0 unspecified atom stereocenters. The Labute approximate surface area is 323 Å². The van der Waals surface area contributed by atoms with Crippen molar-refractivity contribution in [3.8, 4) is 23.2 Å². The summed E-state index contributed by atoms with van der Waals surface area (Å²) in [6.45, 7) is 7.04. The van der Waals surface area contributed by atoms with Gasteiger partial charge >= 0.3 is 12.0 Å². The van der Waals surface area contributed by atoms with Crippen LogP contribution in [0.4, 0.5) is 28.8 Å². The molecule has 9 rings (SSSR count). The van der Waals surface area contributed by atoms with E-state index in [4.69, 9.17) is 27.1 Å². The van der Waals surface area contributed by atoms with Crippen molar-refractivity contribution in [3.05, 3.63) is 53.1 Å². The number of likely N-dealkylation sites (tertiary alicyclic amines) is 1. The van der Waals surface area contributed by atoms with Crippen molar-refractivity contribution in [1.82, 2.24) is 34.5 Å². The lowest BCUT2D eigenvalue weighted by molar-refractivity contribution is -0.0739. The number of alkyl halides is 1. The second kappa shape index (κ2) is 13.2. The number of nitriles is 1. The number of fused-ring (bicyclic) bond motifs is 3. The maximum absolute atomic E-state index is 17.3. The van der Waals surface area contributed by atoms with Crippen molar-refractivity contribution in [2.24, 2.45) is 11.3 Å². The number of carbonyl (C=O) groups is 1. The van der Waals surface area contributed by atoms with Crippen molar-refractivity contribution < 1.29 is 22.7 Å². The lowest BCUT2D eigenvalue weighted by Crippen LogP contribution is -2.73. The van der Waals surface area contributed by atoms with Gasteiger partial charge in [0.25, 0.3) is 0 Å². The zero-order chi connectivity index (χ0) is 38.4. The lowest BCUT2D eigenvalue weighted by Gasteiger charge is -2.62. The summed E-state index contributed by atoms with van der Waals surface area (Å²) in [5, 5.41) is 14.7. The fraction of sp³-hybridized carbons (Fsp3) is 0.474. The normalized spacial score (nSPS) is 25.3. The zero-order valence-electron chi connectivity index (χ0n) is 30.2. The molecule has 0 radical (unpaired) electrons. The van der Waals surface area contributed by atoms with Gasteiger partial charge in [-0.2, -0.15) is 25.0 Å². The van der Waals surface area contributed by atoms with E-state index in [2.05, 4.69) is 38.7 Å². The fourth-order valence-corrected chi connectivity index (χ4v) is 11.3. The molecule has 4 aliphatic heterocycles. The molecule has 2 N–H and O–H groups in total. The van der Waals surface area contributed by atoms with Crippen LogP contribution in [0.15, 0.2) is 30.9 Å². The lowest BCUT2D eigenvalue weighted by atomic mass is 9.63. The summed E-state index contributed by atoms with van der Waals surface area (Å²) < 4.78 is 54.8. The Morgan fingerprint density at radius 2 is 2.02 bits per heavy atom. The summed E-state index contributed by atoms with van der Waals surface area (Å²) in [5.41, 5.74) is 5.45. The first-order valence-electron chi connectivity index (χ1n) is 18.5. The van der Waals surface area contributed by atoms with Gasteiger partial charge in [-0.25, -0.2) is 22.9 Å². The number of aromatic nitrogens is 5. The number of anilines is 2. The molecule has 0 bridgehead atoms. The Kier molecular flexibility index (Phi) is 8.63. The molecule has 3 aromatic heterocycles. The number of nitrogens with two attached hydrogens (primary N) is 1. The molecule has 5 aromatic rings. The number of rotatable bonds is 6. The summed E-state index contributed by atoms with van der Waals surface area (Å²) in [7, 11) is 0. The number of hydrogen-bond donors (Lipinski definition) is 1. The van der Waals surface area contributed by atoms with Gasteiger partial charge in [0.15, 0.2) is 5.82 Å². The number of nitrogen functional groups attached to an aromatic ring is 1. The SMILES string of the molecule is CC(C)[C@H]1N(C(=O)n2cncn2)C[C@]12CCCN(c1nc(OC[C@@]34CCCN3C[C@H](F)C4)nc3c(F)c(-c4ccc(F)c5sc(N)c(C#N)c45)c(Cl)cc13)C2. The van der Waals surface area contributed by atoms with Gasteiger partial charge in [0, 0.05) is 60.4 Å². The molecule has 4 aliphatic rings. The molecule has 0 aliphatic carbocycles. The van der Waals surface area contributed by atoms with Crippen LogP contribution in [-0.4, -0.2) is 97.6 Å². The molecule has 7 heterocycles. The van der Waals surface area contributed by atoms with Crippen LogP contribution >= 0.6 is 22.9 Å². The van der Waals surface area contributed by atoms with Crippen LogP contribution in [-0.2, 0) is 0 Å². The van der Waals surface area contributed by atoms with E-state index in [-0.39, 0.29) is 78.3 Å². The third-order valence-corrected chi connectivity index (χ3v) is 13.4. The fourth-order valence-electron chi connectivity index (χ4n) is 10.0. The van der Waals surface area contributed by atoms with Crippen molar-refractivity contribution in [3.63, 3.8) is 0 Å². The van der Waals surface area contributed by atoms with Crippen LogP contribution in [0.5, 0.6) is 6.01 Å². The average molecular weight is 791 g/mol. The van der Waals surface area contributed by atoms with Gasteiger partial charge in [-0.15, -0.1) is 11.3 Å². The number of thiophene rings is 1. The number of benzene rings is 2. The monoisotopic (exact) mass is 790 g/mol. The minimum Gasteiger partial charge on any atom is -0.461 e. The highest BCUT2D eigenvalue weighted by atomic mass is 35.5. The standard InChI is InChI=1S/C38H38ClF3N10O2S/c1-20(2)32-37(16-51(32)36(53)52-19-45-18-46-52)7-3-9-49(15-37)34-23-11-25(39)28(22-5-6-26(41)31-27(22)24(13-43)33(44)55-31)29(42)30(23)47-35(48-34)54-17-38-8-4-10-50(38)14-21(40)12-38/h5-6,11,18-21,32H,3-4,7-10,12,14-17,44H2,1-2H3/t21-,32-,37-,38+/m1/s1. The van der Waals surface area contributed by atoms with Gasteiger partial charge in [-0.3, -0.25) is 4.90 Å². The van der Waals surface area contributed by atoms with Crippen LogP contribution in [0.1, 0.15) is 51.5 Å². The maximum atomic E-state index is 17.3. The smallest absolute Gasteiger partial charge is 0.346 e. The van der Waals surface area contributed by atoms with E-state index in [1.807, 2.05) is 11.0 Å². The number of nitrogens with zero attached hydrogens (tertiary/aromatic N) is 9. The summed E-state index contributed by atoms with van der Waals surface area (Å²) in [5.74, 6) is -0.836. The van der Waals surface area contributed by atoms with Gasteiger partial charge in [0.2, 0.25) is 0 Å². The van der Waals surface area contributed by atoms with Gasteiger partial charge in [-0.1, -0.05) is 31.5 Å². The minimum absolute atomic E-state index is 0.0190. The molecule has 1 spiro atoms. The molecule has 55 heavy (non-hydrogen) atoms. The molecule has 286 valence electrons. The molecule has 2 aromatic carbocycles. The van der Waals surface area contributed by atoms with Gasteiger partial charge in [0.1, 0.15) is 53.7 Å². The summed E-state index contributed by atoms with van der Waals surface area (Å²) in [6, 6.07) is 5.83. The van der Waals surface area contributed by atoms with Crippen LogP contribution in [0, 0.1) is 34.3 Å². The van der Waals surface area contributed by atoms with E-state index < -0.39 is 23.3 Å². The van der Waals surface area contributed by atoms with E-state index in [0.29, 0.717) is 43.8 Å². The van der Waals surface area contributed by atoms with E-state index in [1.165, 1.54) is 29.5 Å². The van der Waals surface area contributed by atoms with Crippen molar-refractivity contribution in [1.29, 1.82) is 5.26 Å². The van der Waals surface area contributed by atoms with Crippen molar-refractivity contribution in [2.75, 3.05) is 50.0 Å². The molecule has 1 amide bonds. The average Bonchev–Trinajstić information content (AvgIpc) is 3.94. The Balaban J connectivity index is 1.16. The molecular formula is C38H38ClF3N10O2S. The third-order valence-electron chi connectivity index (χ3n) is 12.1. The first kappa shape index (κ1) is 35.9. The first-order valence-corrected chi connectivity index (χ1v) is 19.7. The first-order chi connectivity index (χ1) is 26.4. The zero-order valence-corrected chi connectivity index (χ0v) is 31.8. The number of amides is 1. The third kappa shape index (κ3) is 5.60. The topological polar surface area (TPSA) is 142 Å². The highest BCUT2D eigenvalue weighted by Crippen LogP contribution is 2.51. The molecule has 0 saturated carbocycles. The Morgan fingerprint density at radius 1 is 1.20 bits per heavy atom. The predicted molar refractivity (Wildman–Crippen MR) is 203 cm³/mol. The maximum Gasteiger partial charge on any atom is 0.346 e. The molecule has 4 atom stereocenters. The highest BCUT2D eigenvalue weighted by Gasteiger charge is 2.57. The largest absolute Gasteiger partial charge is 0.461 e. The van der Waals surface area contributed by atoms with Crippen LogP contribution in [0.2, 0.25) is 5.02 Å². The second-order valence-electron chi connectivity index (χ2n) is 15.7. The number of piperidine rings is 1. The molecule has 17 heteroatoms. The number of ether oxygens (including phenoxy) is 1. The minimum atomic E-state index is -0.965. The van der Waals surface area contributed by atoms with Gasteiger partial charge in [-0.05, 0) is 55.8 Å². The van der Waals surface area contributed by atoms with Gasteiger partial charge < -0.3 is 20.3 Å². The molecule has 12 nitrogen and oxygen atoms in total. The molecular weight excluding hydrogens is 753 g/mol. The summed E-state index contributed by atoms with van der Waals surface area (Å²) >= 11 is 7.88. The Bertz CT molecular complexity index is 2410. The molecule has 4 fully saturated rings. The van der Waals surface area contributed by atoms with Crippen LogP contribution in [0.3, 0.4) is 0 Å². The van der Waals surface area contributed by atoms with Crippen LogP contribution in [0.25, 0.3) is 32.1 Å². The number of carbonyl (C=O) groups excluding carboxylic acids is 1. The van der Waals surface area contributed by atoms with Crippen molar-refractivity contribution in [2.45, 2.75) is 63.7 Å². The Morgan fingerprint density at radius 3 is 2.78 bits per heavy atom. The quantitative estimate of drug-likeness (QED) is 0.190. The summed E-state index contributed by atoms with van der Waals surface area (Å²) in [6.07, 6.45) is 5.44.